The Morgan fingerprint density at radius 3 is 2.42 bits per heavy atom. The minimum Gasteiger partial charge on any atom is -0.494 e. The molecule has 24 heavy (non-hydrogen) atoms. The number of carbonyl (C=O) groups excluding carboxylic acids is 3. The molecule has 0 aromatic heterocycles. The Bertz CT molecular complexity index is 579. The molecule has 1 aromatic rings. The second-order valence-electron chi connectivity index (χ2n) is 5.54. The van der Waals surface area contributed by atoms with Crippen LogP contribution in [0.3, 0.4) is 0 Å². The third kappa shape index (κ3) is 5.57. The van der Waals surface area contributed by atoms with Crippen LogP contribution in [0.2, 0.25) is 0 Å². The lowest BCUT2D eigenvalue weighted by atomic mass is 10.2. The van der Waals surface area contributed by atoms with Crippen molar-refractivity contribution in [3.63, 3.8) is 0 Å². The Morgan fingerprint density at radius 1 is 1.12 bits per heavy atom. The van der Waals surface area contributed by atoms with Gasteiger partial charge in [0.2, 0.25) is 0 Å². The first kappa shape index (κ1) is 17.8. The van der Waals surface area contributed by atoms with Crippen molar-refractivity contribution in [2.24, 2.45) is 0 Å². The molecule has 0 aliphatic heterocycles. The summed E-state index contributed by atoms with van der Waals surface area (Å²) in [4.78, 5) is 35.1. The second-order valence-corrected chi connectivity index (χ2v) is 5.54. The fourth-order valence-electron chi connectivity index (χ4n) is 2.52. The highest BCUT2D eigenvalue weighted by atomic mass is 16.5. The van der Waals surface area contributed by atoms with Crippen LogP contribution in [0.15, 0.2) is 24.3 Å². The van der Waals surface area contributed by atoms with Gasteiger partial charge in [0, 0.05) is 6.04 Å². The molecule has 1 saturated carbocycles. The third-order valence-corrected chi connectivity index (χ3v) is 3.68. The van der Waals surface area contributed by atoms with Crippen molar-refractivity contribution >= 4 is 17.9 Å². The number of hydrogen-bond donors (Lipinski definition) is 2. The largest absolute Gasteiger partial charge is 0.494 e. The van der Waals surface area contributed by atoms with Crippen LogP contribution in [0.1, 0.15) is 43.0 Å². The number of esters is 1. The van der Waals surface area contributed by atoms with Gasteiger partial charge in [0.15, 0.2) is 6.61 Å². The zero-order valence-electron chi connectivity index (χ0n) is 13.7. The van der Waals surface area contributed by atoms with Gasteiger partial charge >= 0.3 is 12.0 Å². The highest BCUT2D eigenvalue weighted by molar-refractivity contribution is 5.97. The topological polar surface area (TPSA) is 93.7 Å². The predicted octanol–water partition coefficient (Wildman–Crippen LogP) is 2.01. The van der Waals surface area contributed by atoms with E-state index in [1.54, 1.807) is 24.3 Å². The molecular formula is C17H22N2O5. The monoisotopic (exact) mass is 334 g/mol. The summed E-state index contributed by atoms with van der Waals surface area (Å²) in [6, 6.07) is 5.97. The summed E-state index contributed by atoms with van der Waals surface area (Å²) in [5.41, 5.74) is 0.307. The summed E-state index contributed by atoms with van der Waals surface area (Å²) in [6.45, 7) is 1.89. The molecule has 0 spiro atoms. The first-order valence-electron chi connectivity index (χ1n) is 8.09. The fraction of sp³-hybridized carbons (Fsp3) is 0.471. The van der Waals surface area contributed by atoms with E-state index in [1.807, 2.05) is 6.92 Å². The van der Waals surface area contributed by atoms with Crippen LogP contribution in [-0.4, -0.2) is 37.2 Å². The minimum absolute atomic E-state index is 0.115. The number of ether oxygens (including phenoxy) is 2. The molecule has 7 nitrogen and oxygen atoms in total. The van der Waals surface area contributed by atoms with Crippen LogP contribution in [-0.2, 0) is 9.53 Å². The predicted molar refractivity (Wildman–Crippen MR) is 86.8 cm³/mol. The molecule has 0 saturated heterocycles. The van der Waals surface area contributed by atoms with E-state index >= 15 is 0 Å². The van der Waals surface area contributed by atoms with Crippen LogP contribution in [0.25, 0.3) is 0 Å². The van der Waals surface area contributed by atoms with Crippen molar-refractivity contribution in [1.29, 1.82) is 0 Å². The van der Waals surface area contributed by atoms with Crippen LogP contribution >= 0.6 is 0 Å². The molecule has 0 atom stereocenters. The van der Waals surface area contributed by atoms with Crippen LogP contribution in [0.5, 0.6) is 5.75 Å². The van der Waals surface area contributed by atoms with Crippen LogP contribution in [0.4, 0.5) is 4.79 Å². The summed E-state index contributed by atoms with van der Waals surface area (Å²) >= 11 is 0. The zero-order valence-corrected chi connectivity index (χ0v) is 13.7. The van der Waals surface area contributed by atoms with Crippen molar-refractivity contribution in [2.45, 2.75) is 38.6 Å². The van der Waals surface area contributed by atoms with Gasteiger partial charge < -0.3 is 14.8 Å². The number of nitrogens with one attached hydrogen (secondary N) is 2. The molecule has 0 unspecified atom stereocenters. The highest BCUT2D eigenvalue weighted by Crippen LogP contribution is 2.17. The smallest absolute Gasteiger partial charge is 0.338 e. The molecular weight excluding hydrogens is 312 g/mol. The summed E-state index contributed by atoms with van der Waals surface area (Å²) in [5.74, 6) is -0.649. The molecule has 1 aliphatic carbocycles. The highest BCUT2D eigenvalue weighted by Gasteiger charge is 2.18. The fourth-order valence-corrected chi connectivity index (χ4v) is 2.52. The molecule has 0 radical (unpaired) electrons. The summed E-state index contributed by atoms with van der Waals surface area (Å²) in [6.07, 6.45) is 4.01. The lowest BCUT2D eigenvalue weighted by molar-refractivity contribution is -0.123. The van der Waals surface area contributed by atoms with E-state index in [2.05, 4.69) is 10.6 Å². The minimum atomic E-state index is -0.662. The molecule has 2 rings (SSSR count). The van der Waals surface area contributed by atoms with E-state index in [-0.39, 0.29) is 6.04 Å². The maximum absolute atomic E-state index is 11.8. The molecule has 0 bridgehead atoms. The average Bonchev–Trinajstić information content (AvgIpc) is 3.06. The Hall–Kier alpha value is -2.57. The second kappa shape index (κ2) is 8.90. The van der Waals surface area contributed by atoms with Gasteiger partial charge in [-0.25, -0.2) is 9.59 Å². The first-order valence-corrected chi connectivity index (χ1v) is 8.09. The van der Waals surface area contributed by atoms with Gasteiger partial charge in [-0.3, -0.25) is 10.1 Å². The number of carbonyl (C=O) groups is 3. The van der Waals surface area contributed by atoms with Crippen LogP contribution < -0.4 is 15.4 Å². The molecule has 7 heteroatoms. The first-order chi connectivity index (χ1) is 11.6. The Balaban J connectivity index is 1.72. The van der Waals surface area contributed by atoms with Crippen molar-refractivity contribution in [2.75, 3.05) is 13.2 Å². The number of imide groups is 1. The van der Waals surface area contributed by atoms with Crippen molar-refractivity contribution < 1.29 is 23.9 Å². The van der Waals surface area contributed by atoms with E-state index in [9.17, 15) is 14.4 Å². The molecule has 1 fully saturated rings. The SMILES string of the molecule is CCOc1ccc(C(=O)OCC(=O)NC(=O)NC2CCCC2)cc1. The van der Waals surface area contributed by atoms with Gasteiger partial charge in [0.05, 0.1) is 12.2 Å². The number of hydrogen-bond acceptors (Lipinski definition) is 5. The molecule has 1 aromatic carbocycles. The number of benzene rings is 1. The van der Waals surface area contributed by atoms with Crippen LogP contribution in [0, 0.1) is 0 Å². The molecule has 1 aliphatic rings. The quantitative estimate of drug-likeness (QED) is 0.776. The van der Waals surface area contributed by atoms with Crippen molar-refractivity contribution in [3.8, 4) is 5.75 Å². The third-order valence-electron chi connectivity index (χ3n) is 3.68. The lowest BCUT2D eigenvalue weighted by Gasteiger charge is -2.12. The summed E-state index contributed by atoms with van der Waals surface area (Å²) in [7, 11) is 0. The maximum atomic E-state index is 11.8. The number of urea groups is 1. The summed E-state index contributed by atoms with van der Waals surface area (Å²) in [5, 5.41) is 4.88. The van der Waals surface area contributed by atoms with E-state index in [0.29, 0.717) is 17.9 Å². The van der Waals surface area contributed by atoms with Gasteiger partial charge in [-0.1, -0.05) is 12.8 Å². The summed E-state index contributed by atoms with van der Waals surface area (Å²) < 4.78 is 10.2. The van der Waals surface area contributed by atoms with E-state index < -0.39 is 24.5 Å². The Kier molecular flexibility index (Phi) is 6.60. The Labute approximate surface area is 140 Å². The number of rotatable bonds is 6. The van der Waals surface area contributed by atoms with E-state index in [4.69, 9.17) is 9.47 Å². The van der Waals surface area contributed by atoms with Gasteiger partial charge in [0.1, 0.15) is 5.75 Å². The molecule has 0 heterocycles. The molecule has 3 amide bonds. The Morgan fingerprint density at radius 2 is 1.79 bits per heavy atom. The van der Waals surface area contributed by atoms with Crippen molar-refractivity contribution in [1.82, 2.24) is 10.6 Å². The maximum Gasteiger partial charge on any atom is 0.338 e. The van der Waals surface area contributed by atoms with Crippen molar-refractivity contribution in [3.05, 3.63) is 29.8 Å². The average molecular weight is 334 g/mol. The van der Waals surface area contributed by atoms with Gasteiger partial charge in [0.25, 0.3) is 5.91 Å². The van der Waals surface area contributed by atoms with Gasteiger partial charge in [-0.15, -0.1) is 0 Å². The molecule has 130 valence electrons. The standard InChI is InChI=1S/C17H22N2O5/c1-2-23-14-9-7-12(8-10-14)16(21)24-11-15(20)19-17(22)18-13-5-3-4-6-13/h7-10,13H,2-6,11H2,1H3,(H2,18,19,20,22). The van der Waals surface area contributed by atoms with E-state index in [0.717, 1.165) is 25.7 Å². The lowest BCUT2D eigenvalue weighted by Crippen LogP contribution is -2.44. The van der Waals surface area contributed by atoms with Gasteiger partial charge in [-0.05, 0) is 44.0 Å². The van der Waals surface area contributed by atoms with E-state index in [1.165, 1.54) is 0 Å². The zero-order chi connectivity index (χ0) is 17.4. The van der Waals surface area contributed by atoms with Gasteiger partial charge in [-0.2, -0.15) is 0 Å². The molecule has 2 N–H and O–H groups in total. The number of amides is 3. The normalized spacial score (nSPS) is 14.0.